The van der Waals surface area contributed by atoms with Crippen molar-refractivity contribution in [2.24, 2.45) is 0 Å². The van der Waals surface area contributed by atoms with Crippen LogP contribution in [0.15, 0.2) is 83.8 Å². The number of sulfone groups is 1. The highest BCUT2D eigenvalue weighted by Gasteiger charge is 2.48. The third-order valence-corrected chi connectivity index (χ3v) is 8.25. The van der Waals surface area contributed by atoms with E-state index in [0.717, 1.165) is 29.5 Å². The number of rotatable bonds is 4. The Hall–Kier alpha value is -2.10. The highest BCUT2D eigenvalue weighted by atomic mass is 35.5. The Morgan fingerprint density at radius 3 is 2.26 bits per heavy atom. The van der Waals surface area contributed by atoms with Crippen molar-refractivity contribution in [1.82, 2.24) is 0 Å². The highest BCUT2D eigenvalue weighted by Crippen LogP contribution is 2.47. The fraction of sp³-hybridized carbons (Fsp3) is 0.217. The van der Waals surface area contributed by atoms with Gasteiger partial charge in [0.15, 0.2) is 9.84 Å². The minimum Gasteiger partial charge on any atom is -0.223 e. The summed E-state index contributed by atoms with van der Waals surface area (Å²) in [5.41, 5.74) is 3.11. The maximum Gasteiger partial charge on any atom is 0.188 e. The van der Waals surface area contributed by atoms with Gasteiger partial charge >= 0.3 is 0 Å². The summed E-state index contributed by atoms with van der Waals surface area (Å²) in [4.78, 5) is 0.333. The Morgan fingerprint density at radius 2 is 1.52 bits per heavy atom. The van der Waals surface area contributed by atoms with E-state index in [1.165, 1.54) is 0 Å². The molecule has 0 spiro atoms. The van der Waals surface area contributed by atoms with Gasteiger partial charge in [0, 0.05) is 5.02 Å². The molecule has 0 heterocycles. The monoisotopic (exact) mass is 396 g/mol. The van der Waals surface area contributed by atoms with Crippen molar-refractivity contribution in [3.63, 3.8) is 0 Å². The first kappa shape index (κ1) is 18.3. The van der Waals surface area contributed by atoms with Crippen molar-refractivity contribution >= 4 is 21.4 Å². The number of fused-ring (bicyclic) bond motifs is 1. The highest BCUT2D eigenvalue weighted by molar-refractivity contribution is 7.92. The van der Waals surface area contributed by atoms with Gasteiger partial charge in [0.2, 0.25) is 0 Å². The van der Waals surface area contributed by atoms with E-state index in [2.05, 4.69) is 6.07 Å². The number of halogens is 1. The van der Waals surface area contributed by atoms with Gasteiger partial charge in [0.1, 0.15) is 4.75 Å². The molecule has 0 radical (unpaired) electrons. The molecule has 4 heteroatoms. The van der Waals surface area contributed by atoms with E-state index in [0.29, 0.717) is 22.8 Å². The van der Waals surface area contributed by atoms with Gasteiger partial charge in [0.05, 0.1) is 4.90 Å². The van der Waals surface area contributed by atoms with Crippen molar-refractivity contribution < 1.29 is 8.42 Å². The first-order valence-corrected chi connectivity index (χ1v) is 11.0. The van der Waals surface area contributed by atoms with E-state index in [4.69, 9.17) is 11.6 Å². The van der Waals surface area contributed by atoms with Crippen LogP contribution in [0.2, 0.25) is 5.02 Å². The second kappa shape index (κ2) is 7.14. The third-order valence-electron chi connectivity index (χ3n) is 5.51. The molecule has 1 aliphatic carbocycles. The van der Waals surface area contributed by atoms with Crippen molar-refractivity contribution in [3.8, 4) is 0 Å². The van der Waals surface area contributed by atoms with Gasteiger partial charge in [-0.1, -0.05) is 66.2 Å². The predicted octanol–water partition coefficient (Wildman–Crippen LogP) is 5.59. The smallest absolute Gasteiger partial charge is 0.188 e. The first-order chi connectivity index (χ1) is 13.0. The molecular formula is C23H21ClO2S. The number of hydrogen-bond acceptors (Lipinski definition) is 2. The van der Waals surface area contributed by atoms with Crippen LogP contribution < -0.4 is 0 Å². The zero-order chi connectivity index (χ0) is 18.9. The van der Waals surface area contributed by atoms with Gasteiger partial charge in [-0.2, -0.15) is 0 Å². The van der Waals surface area contributed by atoms with Gasteiger partial charge < -0.3 is 0 Å². The lowest BCUT2D eigenvalue weighted by molar-refractivity contribution is 0.453. The Balaban J connectivity index is 1.94. The molecule has 0 saturated heterocycles. The second-order valence-corrected chi connectivity index (χ2v) is 9.82. The molecular weight excluding hydrogens is 376 g/mol. The van der Waals surface area contributed by atoms with E-state index in [1.807, 2.05) is 48.5 Å². The van der Waals surface area contributed by atoms with Crippen molar-refractivity contribution in [2.75, 3.05) is 0 Å². The van der Waals surface area contributed by atoms with Crippen LogP contribution >= 0.6 is 11.6 Å². The van der Waals surface area contributed by atoms with Gasteiger partial charge in [-0.15, -0.1) is 0 Å². The average Bonchev–Trinajstić information content (AvgIpc) is 2.69. The molecule has 3 aromatic rings. The van der Waals surface area contributed by atoms with Crippen LogP contribution in [-0.2, 0) is 27.4 Å². The molecule has 3 aromatic carbocycles. The van der Waals surface area contributed by atoms with Crippen LogP contribution in [-0.4, -0.2) is 8.42 Å². The molecule has 138 valence electrons. The van der Waals surface area contributed by atoms with Crippen LogP contribution in [0.4, 0.5) is 0 Å². The summed E-state index contributed by atoms with van der Waals surface area (Å²) in [5.74, 6) is 0. The van der Waals surface area contributed by atoms with Crippen molar-refractivity contribution in [1.29, 1.82) is 0 Å². The summed E-state index contributed by atoms with van der Waals surface area (Å²) in [6.07, 6.45) is 2.86. The minimum absolute atomic E-state index is 0.333. The zero-order valence-corrected chi connectivity index (χ0v) is 16.5. The summed E-state index contributed by atoms with van der Waals surface area (Å²) in [6.45, 7) is 0. The normalized spacial score (nSPS) is 19.4. The van der Waals surface area contributed by atoms with Crippen LogP contribution in [0.5, 0.6) is 0 Å². The fourth-order valence-corrected chi connectivity index (χ4v) is 6.53. The van der Waals surface area contributed by atoms with Crippen LogP contribution in [0.25, 0.3) is 0 Å². The summed E-state index contributed by atoms with van der Waals surface area (Å²) in [7, 11) is -3.61. The quantitative estimate of drug-likeness (QED) is 0.576. The fourth-order valence-electron chi connectivity index (χ4n) is 4.20. The molecule has 1 aliphatic rings. The summed E-state index contributed by atoms with van der Waals surface area (Å²) in [6, 6.07) is 24.5. The maximum absolute atomic E-state index is 13.9. The Kier molecular flexibility index (Phi) is 4.83. The van der Waals surface area contributed by atoms with E-state index in [1.54, 1.807) is 24.3 Å². The molecule has 0 aliphatic heterocycles. The summed E-state index contributed by atoms with van der Waals surface area (Å²) in [5, 5.41) is 0.537. The molecule has 0 fully saturated rings. The lowest BCUT2D eigenvalue weighted by atomic mass is 9.79. The number of hydrogen-bond donors (Lipinski definition) is 0. The van der Waals surface area contributed by atoms with Crippen LogP contribution in [0.3, 0.4) is 0 Å². The zero-order valence-electron chi connectivity index (χ0n) is 14.9. The molecule has 2 nitrogen and oxygen atoms in total. The Labute approximate surface area is 165 Å². The van der Waals surface area contributed by atoms with Crippen molar-refractivity contribution in [3.05, 3.63) is 101 Å². The van der Waals surface area contributed by atoms with Crippen molar-refractivity contribution in [2.45, 2.75) is 35.3 Å². The largest absolute Gasteiger partial charge is 0.223 e. The molecule has 0 bridgehead atoms. The third kappa shape index (κ3) is 3.19. The number of benzene rings is 3. The van der Waals surface area contributed by atoms with Gasteiger partial charge in [-0.05, 0) is 66.6 Å². The topological polar surface area (TPSA) is 34.1 Å². The molecule has 1 unspecified atom stereocenters. The lowest BCUT2D eigenvalue weighted by Gasteiger charge is -2.39. The van der Waals surface area contributed by atoms with Gasteiger partial charge in [-0.3, -0.25) is 0 Å². The molecule has 0 amide bonds. The van der Waals surface area contributed by atoms with Crippen LogP contribution in [0.1, 0.15) is 29.5 Å². The minimum atomic E-state index is -3.61. The van der Waals surface area contributed by atoms with E-state index < -0.39 is 14.6 Å². The average molecular weight is 397 g/mol. The van der Waals surface area contributed by atoms with E-state index in [9.17, 15) is 8.42 Å². The summed E-state index contributed by atoms with van der Waals surface area (Å²) >= 11 is 6.00. The first-order valence-electron chi connectivity index (χ1n) is 9.15. The van der Waals surface area contributed by atoms with Gasteiger partial charge in [-0.25, -0.2) is 8.42 Å². The predicted molar refractivity (Wildman–Crippen MR) is 110 cm³/mol. The molecule has 0 saturated carbocycles. The molecule has 0 aromatic heterocycles. The Bertz CT molecular complexity index is 1040. The molecule has 4 rings (SSSR count). The maximum atomic E-state index is 13.9. The van der Waals surface area contributed by atoms with E-state index in [-0.39, 0.29) is 0 Å². The molecule has 1 atom stereocenters. The SMILES string of the molecule is O=S(=O)(c1ccc(Cl)cc1)C1(Cc2ccccc2)CCCc2ccccc21. The lowest BCUT2D eigenvalue weighted by Crippen LogP contribution is -2.41. The van der Waals surface area contributed by atoms with Crippen LogP contribution in [0, 0.1) is 0 Å². The Morgan fingerprint density at radius 1 is 0.852 bits per heavy atom. The summed E-state index contributed by atoms with van der Waals surface area (Å²) < 4.78 is 26.9. The number of aryl methyl sites for hydroxylation is 1. The molecule has 0 N–H and O–H groups in total. The standard InChI is InChI=1S/C23H21ClO2S/c24-20-12-14-21(15-13-20)27(25,26)23(17-18-7-2-1-3-8-18)16-6-10-19-9-4-5-11-22(19)23/h1-5,7-9,11-15H,6,10,16-17H2. The van der Waals surface area contributed by atoms with E-state index >= 15 is 0 Å². The van der Waals surface area contributed by atoms with Gasteiger partial charge in [0.25, 0.3) is 0 Å². The second-order valence-electron chi connectivity index (χ2n) is 7.12. The molecule has 27 heavy (non-hydrogen) atoms.